The Hall–Kier alpha value is -3.52. The highest BCUT2D eigenvalue weighted by atomic mass is 32.1. The first-order valence-corrected chi connectivity index (χ1v) is 9.73. The van der Waals surface area contributed by atoms with Crippen molar-refractivity contribution in [2.45, 2.75) is 12.5 Å². The quantitative estimate of drug-likeness (QED) is 0.530. The van der Waals surface area contributed by atoms with Gasteiger partial charge in [-0.3, -0.25) is 9.59 Å². The second kappa shape index (κ2) is 9.61. The van der Waals surface area contributed by atoms with Crippen molar-refractivity contribution < 1.29 is 19.5 Å². The molecule has 2 aromatic carbocycles. The minimum absolute atomic E-state index is 0.156. The predicted octanol–water partition coefficient (Wildman–Crippen LogP) is 2.67. The molecule has 0 bridgehead atoms. The molecule has 1 aromatic heterocycles. The summed E-state index contributed by atoms with van der Waals surface area (Å²) < 4.78 is 0. The van der Waals surface area contributed by atoms with Crippen LogP contribution in [-0.2, 0) is 11.2 Å². The van der Waals surface area contributed by atoms with Gasteiger partial charge in [0.25, 0.3) is 5.91 Å². The summed E-state index contributed by atoms with van der Waals surface area (Å²) in [5.41, 5.74) is 1.13. The number of carboxylic acid groups (broad SMARTS) is 1. The fraction of sp³-hybridized carbons (Fsp3) is 0.143. The summed E-state index contributed by atoms with van der Waals surface area (Å²) in [5, 5.41) is 15.1. The van der Waals surface area contributed by atoms with Crippen molar-refractivity contribution in [1.82, 2.24) is 15.6 Å². The number of amides is 2. The second-order valence-electron chi connectivity index (χ2n) is 6.15. The molecular formula is C21H19N3O4S. The maximum atomic E-state index is 12.8. The van der Waals surface area contributed by atoms with E-state index in [0.29, 0.717) is 22.6 Å². The number of aromatic nitrogens is 1. The number of carbonyl (C=O) groups is 3. The van der Waals surface area contributed by atoms with Gasteiger partial charge >= 0.3 is 5.97 Å². The Morgan fingerprint density at radius 3 is 2.28 bits per heavy atom. The summed E-state index contributed by atoms with van der Waals surface area (Å²) in [6.07, 6.45) is 1.70. The van der Waals surface area contributed by atoms with Crippen LogP contribution in [-0.4, -0.2) is 34.4 Å². The summed E-state index contributed by atoms with van der Waals surface area (Å²) in [5.74, 6) is -1.72. The highest BCUT2D eigenvalue weighted by molar-refractivity contribution is 7.13. The van der Waals surface area contributed by atoms with Gasteiger partial charge in [0.1, 0.15) is 10.9 Å². The van der Waals surface area contributed by atoms with Crippen LogP contribution in [0, 0.1) is 0 Å². The number of thiazole rings is 1. The molecule has 0 aliphatic heterocycles. The molecule has 8 heteroatoms. The van der Waals surface area contributed by atoms with E-state index in [1.54, 1.807) is 48.5 Å². The third kappa shape index (κ3) is 5.49. The number of hydrogen-bond donors (Lipinski definition) is 3. The topological polar surface area (TPSA) is 108 Å². The molecule has 0 saturated carbocycles. The summed E-state index contributed by atoms with van der Waals surface area (Å²) in [6, 6.07) is 16.8. The van der Waals surface area contributed by atoms with Crippen LogP contribution in [0.5, 0.6) is 0 Å². The second-order valence-corrected chi connectivity index (χ2v) is 7.26. The van der Waals surface area contributed by atoms with Crippen LogP contribution in [0.25, 0.3) is 0 Å². The Bertz CT molecular complexity index is 989. The molecule has 148 valence electrons. The molecule has 3 aromatic rings. The number of benzene rings is 2. The lowest BCUT2D eigenvalue weighted by molar-refractivity contribution is -0.123. The minimum atomic E-state index is -1.02. The SMILES string of the molecule is O=C(NC(C(=O)NCCc1ncc(C(=O)O)s1)c1ccccc1)c1ccccc1. The summed E-state index contributed by atoms with van der Waals surface area (Å²) >= 11 is 1.07. The lowest BCUT2D eigenvalue weighted by Crippen LogP contribution is -2.41. The summed E-state index contributed by atoms with van der Waals surface area (Å²) in [4.78, 5) is 40.4. The average Bonchev–Trinajstić information content (AvgIpc) is 3.22. The van der Waals surface area contributed by atoms with Gasteiger partial charge in [0.2, 0.25) is 5.91 Å². The van der Waals surface area contributed by atoms with Gasteiger partial charge in [0.05, 0.1) is 11.2 Å². The predicted molar refractivity (Wildman–Crippen MR) is 109 cm³/mol. The molecule has 0 radical (unpaired) electrons. The highest BCUT2D eigenvalue weighted by Crippen LogP contribution is 2.15. The zero-order valence-corrected chi connectivity index (χ0v) is 16.2. The Morgan fingerprint density at radius 2 is 1.66 bits per heavy atom. The van der Waals surface area contributed by atoms with Gasteiger partial charge in [-0.1, -0.05) is 48.5 Å². The van der Waals surface area contributed by atoms with Crippen molar-refractivity contribution in [3.05, 3.63) is 87.9 Å². The maximum absolute atomic E-state index is 12.8. The number of carboxylic acids is 1. The monoisotopic (exact) mass is 409 g/mol. The standard InChI is InChI=1S/C21H19N3O4S/c25-19(15-9-5-2-6-10-15)24-18(14-7-3-1-4-8-14)20(26)22-12-11-17-23-13-16(29-17)21(27)28/h1-10,13,18H,11-12H2,(H,22,26)(H,24,25)(H,27,28). The zero-order chi connectivity index (χ0) is 20.6. The molecule has 0 fully saturated rings. The molecule has 1 atom stereocenters. The van der Waals surface area contributed by atoms with Crippen LogP contribution in [0.15, 0.2) is 66.9 Å². The van der Waals surface area contributed by atoms with Gasteiger partial charge in [-0.15, -0.1) is 11.3 Å². The van der Waals surface area contributed by atoms with Crippen LogP contribution in [0.1, 0.15) is 36.6 Å². The zero-order valence-electron chi connectivity index (χ0n) is 15.4. The van der Waals surface area contributed by atoms with E-state index in [2.05, 4.69) is 15.6 Å². The number of rotatable bonds is 8. The van der Waals surface area contributed by atoms with Crippen molar-refractivity contribution in [3.63, 3.8) is 0 Å². The minimum Gasteiger partial charge on any atom is -0.477 e. The van der Waals surface area contributed by atoms with Crippen molar-refractivity contribution >= 4 is 29.1 Å². The molecule has 7 nitrogen and oxygen atoms in total. The number of nitrogens with one attached hydrogen (secondary N) is 2. The van der Waals surface area contributed by atoms with E-state index in [-0.39, 0.29) is 23.2 Å². The molecule has 0 aliphatic rings. The first-order valence-electron chi connectivity index (χ1n) is 8.91. The van der Waals surface area contributed by atoms with E-state index in [1.165, 1.54) is 6.20 Å². The van der Waals surface area contributed by atoms with Gasteiger partial charge < -0.3 is 15.7 Å². The molecule has 0 spiro atoms. The van der Waals surface area contributed by atoms with Crippen molar-refractivity contribution in [1.29, 1.82) is 0 Å². The maximum Gasteiger partial charge on any atom is 0.347 e. The number of nitrogens with zero attached hydrogens (tertiary/aromatic N) is 1. The molecule has 2 amide bonds. The fourth-order valence-electron chi connectivity index (χ4n) is 2.67. The third-order valence-corrected chi connectivity index (χ3v) is 5.15. The number of hydrogen-bond acceptors (Lipinski definition) is 5. The molecule has 1 heterocycles. The normalized spacial score (nSPS) is 11.4. The number of aromatic carboxylic acids is 1. The van der Waals surface area contributed by atoms with Crippen molar-refractivity contribution in [2.75, 3.05) is 6.54 Å². The smallest absolute Gasteiger partial charge is 0.347 e. The van der Waals surface area contributed by atoms with Crippen LogP contribution in [0.3, 0.4) is 0 Å². The Balaban J connectivity index is 1.66. The van der Waals surface area contributed by atoms with Crippen LogP contribution in [0.2, 0.25) is 0 Å². The Kier molecular flexibility index (Phi) is 6.70. The lowest BCUT2D eigenvalue weighted by Gasteiger charge is -2.19. The third-order valence-electron chi connectivity index (χ3n) is 4.11. The Labute approximate surface area is 171 Å². The Morgan fingerprint density at radius 1 is 1.00 bits per heavy atom. The van der Waals surface area contributed by atoms with Crippen molar-refractivity contribution in [3.8, 4) is 0 Å². The average molecular weight is 409 g/mol. The van der Waals surface area contributed by atoms with Gasteiger partial charge in [0, 0.05) is 18.5 Å². The number of carbonyl (C=O) groups excluding carboxylic acids is 2. The fourth-order valence-corrected chi connectivity index (χ4v) is 3.43. The van der Waals surface area contributed by atoms with E-state index in [0.717, 1.165) is 11.3 Å². The molecule has 3 N–H and O–H groups in total. The van der Waals surface area contributed by atoms with Crippen LogP contribution < -0.4 is 10.6 Å². The molecule has 1 unspecified atom stereocenters. The highest BCUT2D eigenvalue weighted by Gasteiger charge is 2.23. The van der Waals surface area contributed by atoms with E-state index < -0.39 is 12.0 Å². The summed E-state index contributed by atoms with van der Waals surface area (Å²) in [7, 11) is 0. The van der Waals surface area contributed by atoms with E-state index in [9.17, 15) is 14.4 Å². The lowest BCUT2D eigenvalue weighted by atomic mass is 10.1. The molecule has 0 aliphatic carbocycles. The van der Waals surface area contributed by atoms with Crippen LogP contribution in [0.4, 0.5) is 0 Å². The van der Waals surface area contributed by atoms with Gasteiger partial charge in [-0.2, -0.15) is 0 Å². The first kappa shape index (κ1) is 20.2. The first-order chi connectivity index (χ1) is 14.0. The van der Waals surface area contributed by atoms with E-state index in [4.69, 9.17) is 5.11 Å². The van der Waals surface area contributed by atoms with E-state index in [1.807, 2.05) is 12.1 Å². The molecule has 0 saturated heterocycles. The van der Waals surface area contributed by atoms with Crippen molar-refractivity contribution in [2.24, 2.45) is 0 Å². The molecular weight excluding hydrogens is 390 g/mol. The van der Waals surface area contributed by atoms with Gasteiger partial charge in [-0.25, -0.2) is 9.78 Å². The summed E-state index contributed by atoms with van der Waals surface area (Å²) in [6.45, 7) is 0.274. The van der Waals surface area contributed by atoms with E-state index >= 15 is 0 Å². The van der Waals surface area contributed by atoms with Gasteiger partial charge in [-0.05, 0) is 17.7 Å². The van der Waals surface area contributed by atoms with Crippen LogP contribution >= 0.6 is 11.3 Å². The van der Waals surface area contributed by atoms with Gasteiger partial charge in [0.15, 0.2) is 0 Å². The molecule has 29 heavy (non-hydrogen) atoms. The largest absolute Gasteiger partial charge is 0.477 e. The molecule has 3 rings (SSSR count).